The van der Waals surface area contributed by atoms with Crippen LogP contribution in [0.25, 0.3) is 0 Å². The Kier molecular flexibility index (Phi) is 7.33. The predicted octanol–water partition coefficient (Wildman–Crippen LogP) is 0.883. The average molecular weight is 322 g/mol. The lowest BCUT2D eigenvalue weighted by Crippen LogP contribution is -2.49. The van der Waals surface area contributed by atoms with Crippen LogP contribution in [0.3, 0.4) is 0 Å². The number of hydrogen-bond donors (Lipinski definition) is 1. The third-order valence-corrected chi connectivity index (χ3v) is 6.03. The van der Waals surface area contributed by atoms with E-state index >= 15 is 0 Å². The number of rotatable bonds is 8. The lowest BCUT2D eigenvalue weighted by atomic mass is 10.1. The van der Waals surface area contributed by atoms with Gasteiger partial charge in [-0.1, -0.05) is 13.3 Å². The molecule has 20 heavy (non-hydrogen) atoms. The van der Waals surface area contributed by atoms with Crippen molar-refractivity contribution in [2.75, 3.05) is 30.1 Å². The highest BCUT2D eigenvalue weighted by Gasteiger charge is 2.35. The standard InChI is InChI=1S/C13H26N2O3S2/c1-3-4-7-15(11-6-9-20(17,18)10-11)13(16)12(14)5-8-19-2/h11-12H,3-10,14H2,1-2H3/t11?,12-/m0/s1. The van der Waals surface area contributed by atoms with E-state index in [1.54, 1.807) is 16.7 Å². The monoisotopic (exact) mass is 322 g/mol. The number of carbonyl (C=O) groups is 1. The molecule has 118 valence electrons. The molecule has 0 spiro atoms. The van der Waals surface area contributed by atoms with Gasteiger partial charge in [0.15, 0.2) is 9.84 Å². The molecule has 1 saturated heterocycles. The molecule has 0 radical (unpaired) electrons. The number of unbranched alkanes of at least 4 members (excludes halogenated alkanes) is 1. The first-order valence-electron chi connectivity index (χ1n) is 7.16. The van der Waals surface area contributed by atoms with E-state index in [1.165, 1.54) is 0 Å². The molecule has 1 unspecified atom stereocenters. The molecule has 7 heteroatoms. The summed E-state index contributed by atoms with van der Waals surface area (Å²) in [6, 6.07) is -0.693. The van der Waals surface area contributed by atoms with Crippen LogP contribution in [0, 0.1) is 0 Å². The summed E-state index contributed by atoms with van der Waals surface area (Å²) in [4.78, 5) is 14.2. The van der Waals surface area contributed by atoms with Gasteiger partial charge in [-0.2, -0.15) is 11.8 Å². The Bertz CT molecular complexity index is 412. The van der Waals surface area contributed by atoms with E-state index in [0.29, 0.717) is 19.4 Å². The van der Waals surface area contributed by atoms with Crippen LogP contribution in [-0.4, -0.2) is 61.4 Å². The second-order valence-corrected chi connectivity index (χ2v) is 8.54. The fraction of sp³-hybridized carbons (Fsp3) is 0.923. The molecule has 1 amide bonds. The highest BCUT2D eigenvalue weighted by molar-refractivity contribution is 7.98. The topological polar surface area (TPSA) is 80.5 Å². The first-order chi connectivity index (χ1) is 9.41. The molecule has 5 nitrogen and oxygen atoms in total. The van der Waals surface area contributed by atoms with Crippen molar-refractivity contribution in [2.24, 2.45) is 5.73 Å². The maximum absolute atomic E-state index is 12.4. The van der Waals surface area contributed by atoms with Crippen LogP contribution in [-0.2, 0) is 14.6 Å². The fourth-order valence-corrected chi connectivity index (χ4v) is 4.62. The lowest BCUT2D eigenvalue weighted by molar-refractivity contribution is -0.134. The number of amides is 1. The summed E-state index contributed by atoms with van der Waals surface area (Å²) >= 11 is 1.66. The predicted molar refractivity (Wildman–Crippen MR) is 84.7 cm³/mol. The molecule has 1 aliphatic heterocycles. The summed E-state index contributed by atoms with van der Waals surface area (Å²) in [6.07, 6.45) is 5.03. The van der Waals surface area contributed by atoms with E-state index in [-0.39, 0.29) is 23.5 Å². The normalized spacial score (nSPS) is 22.6. The second kappa shape index (κ2) is 8.24. The molecule has 0 aliphatic carbocycles. The molecule has 1 heterocycles. The van der Waals surface area contributed by atoms with E-state index < -0.39 is 15.9 Å². The number of nitrogens with two attached hydrogens (primary N) is 1. The van der Waals surface area contributed by atoms with Gasteiger partial charge in [-0.15, -0.1) is 0 Å². The highest BCUT2D eigenvalue weighted by Crippen LogP contribution is 2.19. The van der Waals surface area contributed by atoms with Crippen molar-refractivity contribution < 1.29 is 13.2 Å². The van der Waals surface area contributed by atoms with Gasteiger partial charge in [0.05, 0.1) is 17.5 Å². The minimum atomic E-state index is -2.98. The first kappa shape index (κ1) is 17.8. The van der Waals surface area contributed by atoms with Crippen molar-refractivity contribution in [3.8, 4) is 0 Å². The van der Waals surface area contributed by atoms with E-state index in [2.05, 4.69) is 6.92 Å². The molecule has 0 saturated carbocycles. The van der Waals surface area contributed by atoms with Gasteiger partial charge in [0.1, 0.15) is 0 Å². The first-order valence-corrected chi connectivity index (χ1v) is 10.4. The minimum Gasteiger partial charge on any atom is -0.337 e. The van der Waals surface area contributed by atoms with Gasteiger partial charge in [0, 0.05) is 12.6 Å². The van der Waals surface area contributed by atoms with Crippen LogP contribution in [0.5, 0.6) is 0 Å². The maximum Gasteiger partial charge on any atom is 0.239 e. The van der Waals surface area contributed by atoms with Crippen molar-refractivity contribution in [3.05, 3.63) is 0 Å². The minimum absolute atomic E-state index is 0.0883. The summed E-state index contributed by atoms with van der Waals surface area (Å²) in [5, 5.41) is 0. The van der Waals surface area contributed by atoms with E-state index in [1.807, 2.05) is 6.26 Å². The third-order valence-electron chi connectivity index (χ3n) is 3.63. The zero-order chi connectivity index (χ0) is 15.2. The van der Waals surface area contributed by atoms with Crippen molar-refractivity contribution in [1.82, 2.24) is 4.90 Å². The summed E-state index contributed by atoms with van der Waals surface area (Å²) in [5.41, 5.74) is 5.96. The third kappa shape index (κ3) is 5.26. The van der Waals surface area contributed by atoms with Gasteiger partial charge in [0.2, 0.25) is 5.91 Å². The van der Waals surface area contributed by atoms with Crippen LogP contribution < -0.4 is 5.73 Å². The number of sulfone groups is 1. The molecule has 0 aromatic rings. The number of carbonyl (C=O) groups excluding carboxylic acids is 1. The molecule has 2 atom stereocenters. The van der Waals surface area contributed by atoms with E-state index in [0.717, 1.165) is 18.6 Å². The second-order valence-electron chi connectivity index (χ2n) is 5.33. The van der Waals surface area contributed by atoms with Gasteiger partial charge in [-0.25, -0.2) is 8.42 Å². The van der Waals surface area contributed by atoms with Crippen molar-refractivity contribution in [1.29, 1.82) is 0 Å². The maximum atomic E-state index is 12.4. The Morgan fingerprint density at radius 3 is 2.70 bits per heavy atom. The SMILES string of the molecule is CCCCN(C(=O)[C@@H](N)CCSC)C1CCS(=O)(=O)C1. The van der Waals surface area contributed by atoms with Crippen molar-refractivity contribution in [3.63, 3.8) is 0 Å². The molecule has 0 aromatic carbocycles. The van der Waals surface area contributed by atoms with E-state index in [4.69, 9.17) is 5.73 Å². The molecule has 1 aliphatic rings. The fourth-order valence-electron chi connectivity index (χ4n) is 2.40. The van der Waals surface area contributed by atoms with Crippen LogP contribution in [0.4, 0.5) is 0 Å². The van der Waals surface area contributed by atoms with E-state index in [9.17, 15) is 13.2 Å². The number of thioether (sulfide) groups is 1. The summed E-state index contributed by atoms with van der Waals surface area (Å²) in [7, 11) is -2.98. The highest BCUT2D eigenvalue weighted by atomic mass is 32.2. The van der Waals surface area contributed by atoms with Gasteiger partial charge in [-0.05, 0) is 31.3 Å². The molecule has 0 aromatic heterocycles. The zero-order valence-corrected chi connectivity index (χ0v) is 14.0. The van der Waals surface area contributed by atoms with Crippen molar-refractivity contribution in [2.45, 2.75) is 44.7 Å². The summed E-state index contributed by atoms with van der Waals surface area (Å²) in [6.45, 7) is 2.67. The summed E-state index contributed by atoms with van der Waals surface area (Å²) in [5.74, 6) is 1.04. The molecule has 0 bridgehead atoms. The largest absolute Gasteiger partial charge is 0.337 e. The Morgan fingerprint density at radius 1 is 1.50 bits per heavy atom. The molecule has 1 fully saturated rings. The number of hydrogen-bond acceptors (Lipinski definition) is 5. The Balaban J connectivity index is 2.70. The number of nitrogens with zero attached hydrogens (tertiary/aromatic N) is 1. The van der Waals surface area contributed by atoms with Gasteiger partial charge >= 0.3 is 0 Å². The van der Waals surface area contributed by atoms with Gasteiger partial charge < -0.3 is 10.6 Å². The Labute approximate surface area is 126 Å². The molecule has 2 N–H and O–H groups in total. The van der Waals surface area contributed by atoms with Crippen LogP contribution in [0.2, 0.25) is 0 Å². The summed E-state index contributed by atoms with van der Waals surface area (Å²) < 4.78 is 23.2. The van der Waals surface area contributed by atoms with Crippen LogP contribution >= 0.6 is 11.8 Å². The van der Waals surface area contributed by atoms with Crippen molar-refractivity contribution >= 4 is 27.5 Å². The molecular weight excluding hydrogens is 296 g/mol. The van der Waals surface area contributed by atoms with Crippen LogP contribution in [0.15, 0.2) is 0 Å². The Morgan fingerprint density at radius 2 is 2.20 bits per heavy atom. The zero-order valence-electron chi connectivity index (χ0n) is 12.4. The van der Waals surface area contributed by atoms with Gasteiger partial charge in [0.25, 0.3) is 0 Å². The lowest BCUT2D eigenvalue weighted by Gasteiger charge is -2.30. The molecule has 1 rings (SSSR count). The average Bonchev–Trinajstić information content (AvgIpc) is 2.76. The van der Waals surface area contributed by atoms with Crippen LogP contribution in [0.1, 0.15) is 32.6 Å². The molecular formula is C13H26N2O3S2. The Hall–Kier alpha value is -0.270. The van der Waals surface area contributed by atoms with Gasteiger partial charge in [-0.3, -0.25) is 4.79 Å². The quantitative estimate of drug-likeness (QED) is 0.717. The smallest absolute Gasteiger partial charge is 0.239 e.